The van der Waals surface area contributed by atoms with Crippen LogP contribution in [0.5, 0.6) is 11.5 Å². The molecule has 0 aliphatic carbocycles. The number of ether oxygens (including phenoxy) is 6. The van der Waals surface area contributed by atoms with E-state index in [0.29, 0.717) is 50.5 Å². The second-order valence-electron chi connectivity index (χ2n) is 28.5. The van der Waals surface area contributed by atoms with E-state index in [1.165, 1.54) is 170 Å². The van der Waals surface area contributed by atoms with Gasteiger partial charge in [0.05, 0.1) is 59.6 Å². The number of allylic oxidation sites excluding steroid dienone is 2. The number of benzene rings is 12. The maximum atomic E-state index is 15.2. The van der Waals surface area contributed by atoms with Gasteiger partial charge in [-0.15, -0.1) is 0 Å². The maximum Gasteiger partial charge on any atom is 0.417 e. The van der Waals surface area contributed by atoms with E-state index in [4.69, 9.17) is 28.4 Å². The quantitative estimate of drug-likeness (QED) is 0.00831. The van der Waals surface area contributed by atoms with E-state index in [-0.39, 0.29) is 95.7 Å². The molecule has 1 N–H and O–H groups in total. The Hall–Kier alpha value is -17.3. The molecule has 0 aromatic heterocycles. The normalized spacial score (nSPS) is 13.9. The Balaban J connectivity index is 0.000000197. The topological polar surface area (TPSA) is 395 Å². The van der Waals surface area contributed by atoms with Gasteiger partial charge >= 0.3 is 36.1 Å². The predicted molar refractivity (Wildman–Crippen MR) is 463 cm³/mol. The molecule has 2 aliphatic rings. The summed E-state index contributed by atoms with van der Waals surface area (Å²) in [4.78, 5) is 153. The number of hydrogen-bond donors (Lipinski definition) is 1. The minimum Gasteiger partial charge on any atom is -0.457 e. The van der Waals surface area contributed by atoms with Crippen molar-refractivity contribution in [1.82, 2.24) is 9.80 Å². The van der Waals surface area contributed by atoms with Crippen LogP contribution in [0.1, 0.15) is 112 Å². The number of carbonyl (C=O) groups is 8. The first-order valence-electron chi connectivity index (χ1n) is 39.5. The largest absolute Gasteiger partial charge is 0.457 e. The van der Waals surface area contributed by atoms with E-state index >= 15 is 4.79 Å². The van der Waals surface area contributed by atoms with E-state index in [1.54, 1.807) is 97.2 Å². The van der Waals surface area contributed by atoms with Crippen molar-refractivity contribution < 1.29 is 104 Å². The number of anilines is 1. The molecule has 0 saturated carbocycles. The van der Waals surface area contributed by atoms with Crippen LogP contribution < -0.4 is 14.8 Å². The summed E-state index contributed by atoms with van der Waals surface area (Å²) >= 11 is 0. The SMILES string of the molecule is O=C(OC/C(=C\CCC(=O)N1C(=O)OC[C@@H]1c1ccccc1)c1ccc(F)cc1)c1cccc([N+](=O)[O-])c1.O=C(OC/C(=C\C[C@@H](C(=O)N1C(=O)OC[C@@H]1c1ccccc1)[C@H](Nc1ccc(F)cc1)c1ccc(OC(=O)c2cccc([N+](=O)[O-])c2)cc1)c1ccc(F)cc1)c1cccc([N+](=O)[O-])c1.O=C(Oc1ccc(C=Nc2ccc(F)cc2)cc1)c1cccc([N+](=O)[O-])c1. The summed E-state index contributed by atoms with van der Waals surface area (Å²) in [6.07, 6.45) is 3.22. The van der Waals surface area contributed by atoms with Gasteiger partial charge in [-0.1, -0.05) is 133 Å². The Morgan fingerprint density at radius 2 is 0.808 bits per heavy atom. The number of nitrogens with zero attached hydrogens (tertiary/aromatic N) is 7. The van der Waals surface area contributed by atoms with Crippen LogP contribution in [0, 0.1) is 69.6 Å². The molecule has 2 saturated heterocycles. The van der Waals surface area contributed by atoms with Crippen LogP contribution in [-0.2, 0) is 28.5 Å². The Kier molecular flexibility index (Phi) is 31.0. The number of esters is 4. The van der Waals surface area contributed by atoms with Crippen LogP contribution in [0.2, 0.25) is 0 Å². The van der Waals surface area contributed by atoms with Gasteiger partial charge in [0, 0.05) is 66.9 Å². The minimum atomic E-state index is -1.22. The van der Waals surface area contributed by atoms with Gasteiger partial charge in [-0.2, -0.15) is 0 Å². The van der Waals surface area contributed by atoms with Crippen molar-refractivity contribution in [1.29, 1.82) is 0 Å². The molecule has 2 aliphatic heterocycles. The number of nitrogens with one attached hydrogen (secondary N) is 1. The lowest BCUT2D eigenvalue weighted by Gasteiger charge is -2.32. The summed E-state index contributed by atoms with van der Waals surface area (Å²) in [5, 5.41) is 47.8. The first kappa shape index (κ1) is 91.9. The highest BCUT2D eigenvalue weighted by Gasteiger charge is 2.45. The molecule has 4 amide bonds. The number of carbonyl (C=O) groups excluding carboxylic acids is 8. The molecule has 0 radical (unpaired) electrons. The third-order valence-electron chi connectivity index (χ3n) is 19.9. The smallest absolute Gasteiger partial charge is 0.417 e. The van der Waals surface area contributed by atoms with Crippen molar-refractivity contribution in [3.8, 4) is 11.5 Å². The molecule has 12 aromatic carbocycles. The molecule has 12 aromatic rings. The highest BCUT2D eigenvalue weighted by atomic mass is 19.1. The predicted octanol–water partition coefficient (Wildman–Crippen LogP) is 20.0. The zero-order valence-electron chi connectivity index (χ0n) is 68.0. The lowest BCUT2D eigenvalue weighted by atomic mass is 9.87. The maximum absolute atomic E-state index is 15.2. The second-order valence-corrected chi connectivity index (χ2v) is 28.5. The van der Waals surface area contributed by atoms with Crippen molar-refractivity contribution in [2.45, 2.75) is 37.4 Å². The minimum absolute atomic E-state index is 0.00679. The molecule has 0 spiro atoms. The molecule has 2 heterocycles. The van der Waals surface area contributed by atoms with Gasteiger partial charge in [-0.25, -0.2) is 56.1 Å². The first-order valence-corrected chi connectivity index (χ1v) is 39.5. The summed E-state index contributed by atoms with van der Waals surface area (Å²) in [5.41, 5.74) is 4.14. The van der Waals surface area contributed by atoms with Gasteiger partial charge in [-0.3, -0.25) is 55.0 Å². The molecular weight excluding hydrogens is 1690 g/mol. The number of amides is 4. The summed E-state index contributed by atoms with van der Waals surface area (Å²) < 4.78 is 87.0. The molecule has 0 bridgehead atoms. The van der Waals surface area contributed by atoms with E-state index in [0.717, 1.165) is 45.2 Å². The standard InChI is InChI=1S/C48H36F2N4O11.C28H23FN2O7.C20H13FN2O4/c49-36-17-12-30(13-18-36)35(28-63-46(56)33-8-4-10-39(26-33)53(59)60)16-25-42(45(55)52-43(29-64-48(52)58)31-6-2-1-3-7-31)44(51-38-21-19-37(50)20-22-38)32-14-23-41(24-15-32)65-47(57)34-9-5-11-40(27-34)54(61)62;29-23-14-12-19(13-15-23)22(17-37-27(33)21-8-4-10-24(16-21)31(35)36)9-5-11-26(32)30-25(18-38-28(30)34)20-6-2-1-3-7-20;21-16-6-8-17(9-7-16)22-13-14-4-10-19(11-5-14)27-20(24)15-2-1-3-18(12-15)23(25)26/h1-24,26-27,42-44,51H,25,28-29H2;1-4,6-10,12-16,25H,5,11,17-18H2;1-13H/b35-16+;22-9+;/t42-,43-,44-;25-;/m11./s1. The molecule has 4 atom stereocenters. The van der Waals surface area contributed by atoms with E-state index in [1.807, 2.05) is 30.3 Å². The highest BCUT2D eigenvalue weighted by molar-refractivity contribution is 5.97. The van der Waals surface area contributed by atoms with Crippen molar-refractivity contribution in [3.05, 3.63) is 435 Å². The second kappa shape index (κ2) is 43.8. The van der Waals surface area contributed by atoms with Crippen LogP contribution in [0.4, 0.5) is 61.3 Å². The molecule has 34 heteroatoms. The molecule has 656 valence electrons. The van der Waals surface area contributed by atoms with E-state index in [2.05, 4.69) is 10.3 Å². The van der Waals surface area contributed by atoms with Gasteiger partial charge in [0.25, 0.3) is 22.7 Å². The van der Waals surface area contributed by atoms with Gasteiger partial charge < -0.3 is 33.7 Å². The van der Waals surface area contributed by atoms with Crippen molar-refractivity contribution >= 4 is 99.4 Å². The van der Waals surface area contributed by atoms with Crippen LogP contribution in [-0.4, -0.2) is 110 Å². The number of hydrogen-bond acceptors (Lipinski definition) is 24. The fourth-order valence-corrected chi connectivity index (χ4v) is 13.3. The first-order chi connectivity index (χ1) is 62.7. The summed E-state index contributed by atoms with van der Waals surface area (Å²) in [5.74, 6) is -7.12. The molecule has 14 rings (SSSR count). The molecule has 130 heavy (non-hydrogen) atoms. The van der Waals surface area contributed by atoms with Crippen molar-refractivity contribution in [3.63, 3.8) is 0 Å². The molecular formula is C96H72F4N8O22. The number of imide groups is 2. The summed E-state index contributed by atoms with van der Waals surface area (Å²) in [6.45, 7) is -0.738. The number of non-ortho nitro benzene ring substituents is 4. The molecule has 0 unspecified atom stereocenters. The third kappa shape index (κ3) is 25.0. The Bertz CT molecular complexity index is 6280. The molecule has 2 fully saturated rings. The van der Waals surface area contributed by atoms with E-state index in [9.17, 15) is 91.6 Å². The fraction of sp³-hybridized carbons (Fsp3) is 0.115. The Morgan fingerprint density at radius 1 is 0.431 bits per heavy atom. The lowest BCUT2D eigenvalue weighted by Crippen LogP contribution is -2.42. The van der Waals surface area contributed by atoms with Gasteiger partial charge in [0.15, 0.2) is 0 Å². The monoisotopic (exact) mass is 1760 g/mol. The number of cyclic esters (lactones) is 2. The number of rotatable bonds is 30. The van der Waals surface area contributed by atoms with Crippen LogP contribution >= 0.6 is 0 Å². The fourth-order valence-electron chi connectivity index (χ4n) is 13.3. The van der Waals surface area contributed by atoms with Gasteiger partial charge in [0.2, 0.25) is 11.8 Å². The van der Waals surface area contributed by atoms with Crippen LogP contribution in [0.15, 0.2) is 320 Å². The van der Waals surface area contributed by atoms with Crippen LogP contribution in [0.25, 0.3) is 11.1 Å². The van der Waals surface area contributed by atoms with Gasteiger partial charge in [-0.05, 0) is 191 Å². The van der Waals surface area contributed by atoms with Crippen molar-refractivity contribution in [2.75, 3.05) is 31.7 Å². The Morgan fingerprint density at radius 3 is 1.23 bits per heavy atom. The number of aliphatic imine (C=N–C) groups is 1. The van der Waals surface area contributed by atoms with E-state index < -0.39 is 116 Å². The summed E-state index contributed by atoms with van der Waals surface area (Å²) in [7, 11) is 0. The number of nitro benzene ring substituents is 4. The molecule has 30 nitrogen and oxygen atoms in total. The lowest BCUT2D eigenvalue weighted by molar-refractivity contribution is -0.385. The Labute approximate surface area is 736 Å². The zero-order valence-corrected chi connectivity index (χ0v) is 68.0. The average molecular weight is 1770 g/mol. The van der Waals surface area contributed by atoms with Crippen molar-refractivity contribution in [2.24, 2.45) is 10.9 Å². The zero-order chi connectivity index (χ0) is 92.3. The average Bonchev–Trinajstić information content (AvgIpc) is 1.57. The number of nitro groups is 4. The highest BCUT2D eigenvalue weighted by Crippen LogP contribution is 2.39. The number of halogens is 4. The van der Waals surface area contributed by atoms with Gasteiger partial charge in [0.1, 0.15) is 73.3 Å². The summed E-state index contributed by atoms with van der Waals surface area (Å²) in [6, 6.07) is 70.2. The van der Waals surface area contributed by atoms with Crippen LogP contribution in [0.3, 0.4) is 0 Å². The third-order valence-corrected chi connectivity index (χ3v) is 19.9.